The molecule has 0 N–H and O–H groups in total. The van der Waals surface area contributed by atoms with E-state index in [1.165, 1.54) is 5.56 Å². The summed E-state index contributed by atoms with van der Waals surface area (Å²) < 4.78 is 1.56. The highest BCUT2D eigenvalue weighted by Crippen LogP contribution is 2.23. The van der Waals surface area contributed by atoms with Gasteiger partial charge in [-0.25, -0.2) is 9.97 Å². The summed E-state index contributed by atoms with van der Waals surface area (Å²) in [4.78, 5) is 8.71. The molecule has 0 aliphatic heterocycles. The molecule has 2 nitrogen and oxygen atoms in total. The van der Waals surface area contributed by atoms with Gasteiger partial charge in [0, 0.05) is 11.6 Å². The van der Waals surface area contributed by atoms with Crippen LogP contribution in [0, 0.1) is 0 Å². The monoisotopic (exact) mass is 354 g/mol. The number of benzene rings is 1. The quantitative estimate of drug-likeness (QED) is 0.723. The van der Waals surface area contributed by atoms with Gasteiger partial charge in [0.25, 0.3) is 0 Å². The predicted octanol–water partition coefficient (Wildman–Crippen LogP) is 4.79. The van der Waals surface area contributed by atoms with Crippen molar-refractivity contribution in [1.82, 2.24) is 9.97 Å². The van der Waals surface area contributed by atoms with E-state index in [0.29, 0.717) is 5.92 Å². The summed E-state index contributed by atoms with van der Waals surface area (Å²) in [6.07, 6.45) is 0. The summed E-state index contributed by atoms with van der Waals surface area (Å²) in [7, 11) is 0. The van der Waals surface area contributed by atoms with Gasteiger partial charge in [-0.2, -0.15) is 0 Å². The van der Waals surface area contributed by atoms with Crippen LogP contribution < -0.4 is 0 Å². The third-order valence-electron chi connectivity index (χ3n) is 2.50. The second kappa shape index (κ2) is 5.27. The molecule has 2 rings (SSSR count). The van der Waals surface area contributed by atoms with Gasteiger partial charge in [-0.05, 0) is 43.3 Å². The van der Waals surface area contributed by atoms with Crippen LogP contribution in [0.1, 0.15) is 25.3 Å². The fourth-order valence-electron chi connectivity index (χ4n) is 1.54. The van der Waals surface area contributed by atoms with Crippen molar-refractivity contribution in [3.8, 4) is 11.4 Å². The lowest BCUT2D eigenvalue weighted by molar-refractivity contribution is 0.867. The van der Waals surface area contributed by atoms with Crippen molar-refractivity contribution < 1.29 is 0 Å². The van der Waals surface area contributed by atoms with Crippen LogP contribution in [0.25, 0.3) is 11.4 Å². The highest BCUT2D eigenvalue weighted by molar-refractivity contribution is 9.11. The molecule has 0 amide bonds. The van der Waals surface area contributed by atoms with E-state index in [9.17, 15) is 0 Å². The molecule has 0 unspecified atom stereocenters. The Bertz CT molecular complexity index is 501. The number of hydrogen-bond acceptors (Lipinski definition) is 2. The largest absolute Gasteiger partial charge is 0.221 e. The Morgan fingerprint density at radius 2 is 1.47 bits per heavy atom. The minimum Gasteiger partial charge on any atom is -0.221 e. The molecule has 1 aromatic heterocycles. The molecule has 0 radical (unpaired) electrons. The van der Waals surface area contributed by atoms with Crippen molar-refractivity contribution in [1.29, 1.82) is 0 Å². The van der Waals surface area contributed by atoms with E-state index >= 15 is 0 Å². The maximum atomic E-state index is 4.35. The molecule has 0 saturated carbocycles. The van der Waals surface area contributed by atoms with Crippen LogP contribution in [0.5, 0.6) is 0 Å². The van der Waals surface area contributed by atoms with Gasteiger partial charge in [-0.15, -0.1) is 0 Å². The Labute approximate surface area is 118 Å². The zero-order valence-electron chi connectivity index (χ0n) is 9.61. The van der Waals surface area contributed by atoms with Gasteiger partial charge >= 0.3 is 0 Å². The summed E-state index contributed by atoms with van der Waals surface area (Å²) in [6, 6.07) is 10.2. The van der Waals surface area contributed by atoms with E-state index in [0.717, 1.165) is 20.6 Å². The van der Waals surface area contributed by atoms with E-state index in [1.54, 1.807) is 0 Å². The zero-order valence-corrected chi connectivity index (χ0v) is 12.8. The zero-order chi connectivity index (χ0) is 12.4. The predicted molar refractivity (Wildman–Crippen MR) is 77.0 cm³/mol. The molecule has 0 aliphatic rings. The second-order valence-electron chi connectivity index (χ2n) is 4.11. The first-order chi connectivity index (χ1) is 8.06. The summed E-state index contributed by atoms with van der Waals surface area (Å²) in [5, 5.41) is 0. The minimum absolute atomic E-state index is 0.541. The Balaban J connectivity index is 2.39. The molecule has 0 atom stereocenters. The van der Waals surface area contributed by atoms with E-state index in [2.05, 4.69) is 79.9 Å². The molecule has 0 bridgehead atoms. The first kappa shape index (κ1) is 12.7. The minimum atomic E-state index is 0.541. The molecule has 0 saturated heterocycles. The summed E-state index contributed by atoms with van der Waals surface area (Å²) in [6.45, 7) is 4.36. The highest BCUT2D eigenvalue weighted by Gasteiger charge is 2.05. The molecule has 2 aromatic rings. The van der Waals surface area contributed by atoms with Gasteiger partial charge in [0.1, 0.15) is 9.21 Å². The summed E-state index contributed by atoms with van der Waals surface area (Å²) >= 11 is 6.73. The third kappa shape index (κ3) is 3.13. The number of hydrogen-bond donors (Lipinski definition) is 0. The molecule has 0 fully saturated rings. The van der Waals surface area contributed by atoms with Crippen LogP contribution in [0.4, 0.5) is 0 Å². The Hall–Kier alpha value is -0.740. The van der Waals surface area contributed by atoms with E-state index < -0.39 is 0 Å². The van der Waals surface area contributed by atoms with Gasteiger partial charge in [0.2, 0.25) is 0 Å². The smallest absolute Gasteiger partial charge is 0.161 e. The topological polar surface area (TPSA) is 25.8 Å². The van der Waals surface area contributed by atoms with Gasteiger partial charge in [0.15, 0.2) is 5.82 Å². The van der Waals surface area contributed by atoms with Crippen molar-refractivity contribution in [2.24, 2.45) is 0 Å². The fraction of sp³-hybridized carbons (Fsp3) is 0.231. The van der Waals surface area contributed by atoms with E-state index in [4.69, 9.17) is 0 Å². The van der Waals surface area contributed by atoms with Crippen LogP contribution >= 0.6 is 31.9 Å². The van der Waals surface area contributed by atoms with Crippen LogP contribution in [-0.4, -0.2) is 9.97 Å². The molecular weight excluding hydrogens is 344 g/mol. The van der Waals surface area contributed by atoms with Crippen LogP contribution in [0.2, 0.25) is 0 Å². The van der Waals surface area contributed by atoms with Crippen molar-refractivity contribution in [3.05, 3.63) is 45.1 Å². The first-order valence-electron chi connectivity index (χ1n) is 5.36. The summed E-state index contributed by atoms with van der Waals surface area (Å²) in [5.74, 6) is 1.26. The van der Waals surface area contributed by atoms with Gasteiger partial charge in [-0.3, -0.25) is 0 Å². The van der Waals surface area contributed by atoms with Gasteiger partial charge < -0.3 is 0 Å². The molecule has 0 aliphatic carbocycles. The lowest BCUT2D eigenvalue weighted by atomic mass is 10.0. The second-order valence-corrected chi connectivity index (χ2v) is 5.74. The van der Waals surface area contributed by atoms with Crippen LogP contribution in [-0.2, 0) is 0 Å². The molecule has 88 valence electrons. The lowest BCUT2D eigenvalue weighted by Gasteiger charge is -2.06. The fourth-order valence-corrected chi connectivity index (χ4v) is 2.61. The average molecular weight is 356 g/mol. The van der Waals surface area contributed by atoms with Crippen molar-refractivity contribution in [2.45, 2.75) is 19.8 Å². The van der Waals surface area contributed by atoms with Crippen molar-refractivity contribution in [2.75, 3.05) is 0 Å². The molecule has 1 aromatic carbocycles. The van der Waals surface area contributed by atoms with E-state index in [1.807, 2.05) is 6.07 Å². The molecule has 0 spiro atoms. The van der Waals surface area contributed by atoms with Crippen LogP contribution in [0.3, 0.4) is 0 Å². The molecule has 1 heterocycles. The SMILES string of the molecule is CC(C)c1ccc(-c2nc(Br)cc(Br)n2)cc1. The third-order valence-corrected chi connectivity index (χ3v) is 3.31. The number of aromatic nitrogens is 2. The maximum absolute atomic E-state index is 4.35. The normalized spacial score (nSPS) is 10.9. The Morgan fingerprint density at radius 1 is 0.941 bits per heavy atom. The first-order valence-corrected chi connectivity index (χ1v) is 6.95. The molecule has 17 heavy (non-hydrogen) atoms. The number of rotatable bonds is 2. The summed E-state index contributed by atoms with van der Waals surface area (Å²) in [5.41, 5.74) is 2.35. The Morgan fingerprint density at radius 3 is 1.94 bits per heavy atom. The van der Waals surface area contributed by atoms with E-state index in [-0.39, 0.29) is 0 Å². The number of nitrogens with zero attached hydrogens (tertiary/aromatic N) is 2. The Kier molecular flexibility index (Phi) is 3.94. The standard InChI is InChI=1S/C13H12Br2N2/c1-8(2)9-3-5-10(6-4-9)13-16-11(14)7-12(15)17-13/h3-8H,1-2H3. The number of halogens is 2. The average Bonchev–Trinajstić information content (AvgIpc) is 2.28. The molecular formula is C13H12Br2N2. The van der Waals surface area contributed by atoms with Crippen molar-refractivity contribution >= 4 is 31.9 Å². The highest BCUT2D eigenvalue weighted by atomic mass is 79.9. The maximum Gasteiger partial charge on any atom is 0.161 e. The van der Waals surface area contributed by atoms with Gasteiger partial charge in [0.05, 0.1) is 0 Å². The van der Waals surface area contributed by atoms with Crippen molar-refractivity contribution in [3.63, 3.8) is 0 Å². The van der Waals surface area contributed by atoms with Crippen LogP contribution in [0.15, 0.2) is 39.5 Å². The van der Waals surface area contributed by atoms with Gasteiger partial charge in [-0.1, -0.05) is 38.1 Å². The molecule has 4 heteroatoms. The lowest BCUT2D eigenvalue weighted by Crippen LogP contribution is -1.92.